The van der Waals surface area contributed by atoms with Crippen LogP contribution in [-0.4, -0.2) is 60.1 Å². The molecule has 1 aromatic rings. The lowest BCUT2D eigenvalue weighted by molar-refractivity contribution is -0.145. The van der Waals surface area contributed by atoms with Crippen LogP contribution in [0.25, 0.3) is 0 Å². The van der Waals surface area contributed by atoms with Crippen molar-refractivity contribution in [1.82, 2.24) is 15.5 Å². The third-order valence-electron chi connectivity index (χ3n) is 7.41. The van der Waals surface area contributed by atoms with E-state index in [1.165, 1.54) is 0 Å². The van der Waals surface area contributed by atoms with Gasteiger partial charge in [-0.25, -0.2) is 4.79 Å². The lowest BCUT2D eigenvalue weighted by Crippen LogP contribution is -2.55. The molecule has 0 aliphatic carbocycles. The molecule has 0 aromatic heterocycles. The van der Waals surface area contributed by atoms with Crippen LogP contribution >= 0.6 is 0 Å². The monoisotopic (exact) mass is 603 g/mol. The predicted molar refractivity (Wildman–Crippen MR) is 171 cm³/mol. The Kier molecular flexibility index (Phi) is 17.0. The van der Waals surface area contributed by atoms with Crippen molar-refractivity contribution in [3.05, 3.63) is 34.9 Å². The normalized spacial score (nSPS) is 13.4. The number of amides is 3. The number of nitrogens with one attached hydrogen (secondary N) is 2. The Hall–Kier alpha value is -3.10. The summed E-state index contributed by atoms with van der Waals surface area (Å²) in [6, 6.07) is 4.02. The van der Waals surface area contributed by atoms with E-state index >= 15 is 0 Å². The molecule has 0 bridgehead atoms. The zero-order valence-corrected chi connectivity index (χ0v) is 28.1. The summed E-state index contributed by atoms with van der Waals surface area (Å²) in [6.07, 6.45) is 6.08. The van der Waals surface area contributed by atoms with Gasteiger partial charge in [-0.2, -0.15) is 0 Å². The van der Waals surface area contributed by atoms with Gasteiger partial charge in [0.2, 0.25) is 11.8 Å². The molecular weight excluding hydrogens is 546 g/mol. The molecule has 9 heteroatoms. The van der Waals surface area contributed by atoms with Crippen LogP contribution < -0.4 is 10.6 Å². The first-order chi connectivity index (χ1) is 20.2. The second-order valence-electron chi connectivity index (χ2n) is 12.4. The summed E-state index contributed by atoms with van der Waals surface area (Å²) in [5.41, 5.74) is 1.82. The SMILES string of the molecule is CCCCCCCCN(C(=O)C(NC(=O)OC(C)(C)C)C(C)CC)C(C(=O)NCCC(=O)OCC)c1cc(C)ccc1C. The first-order valence-corrected chi connectivity index (χ1v) is 16.1. The Morgan fingerprint density at radius 2 is 1.60 bits per heavy atom. The molecule has 0 saturated heterocycles. The van der Waals surface area contributed by atoms with Gasteiger partial charge in [0.25, 0.3) is 0 Å². The molecule has 1 rings (SSSR count). The number of aryl methyl sites for hydroxylation is 2. The van der Waals surface area contributed by atoms with Crippen molar-refractivity contribution in [2.75, 3.05) is 19.7 Å². The fourth-order valence-corrected chi connectivity index (χ4v) is 4.85. The Labute approximate surface area is 259 Å². The van der Waals surface area contributed by atoms with Crippen LogP contribution in [0.15, 0.2) is 18.2 Å². The van der Waals surface area contributed by atoms with Crippen molar-refractivity contribution in [3.8, 4) is 0 Å². The molecule has 244 valence electrons. The summed E-state index contributed by atoms with van der Waals surface area (Å²) in [6.45, 7) is 17.7. The van der Waals surface area contributed by atoms with Gasteiger partial charge in [0, 0.05) is 13.1 Å². The van der Waals surface area contributed by atoms with Crippen molar-refractivity contribution in [2.45, 2.75) is 131 Å². The zero-order chi connectivity index (χ0) is 32.6. The Morgan fingerprint density at radius 3 is 2.21 bits per heavy atom. The number of unbranched alkanes of at least 4 members (excludes halogenated alkanes) is 5. The molecule has 0 aliphatic heterocycles. The van der Waals surface area contributed by atoms with E-state index in [1.807, 2.05) is 45.9 Å². The molecule has 0 spiro atoms. The van der Waals surface area contributed by atoms with Crippen LogP contribution in [0.2, 0.25) is 0 Å². The fraction of sp³-hybridized carbons (Fsp3) is 0.706. The first kappa shape index (κ1) is 37.9. The van der Waals surface area contributed by atoms with Crippen molar-refractivity contribution < 1.29 is 28.7 Å². The number of ether oxygens (including phenoxy) is 2. The van der Waals surface area contributed by atoms with Crippen LogP contribution in [0.5, 0.6) is 0 Å². The number of rotatable bonds is 18. The Bertz CT molecular complexity index is 1040. The maximum absolute atomic E-state index is 14.5. The fourth-order valence-electron chi connectivity index (χ4n) is 4.85. The smallest absolute Gasteiger partial charge is 0.408 e. The Morgan fingerprint density at radius 1 is 0.953 bits per heavy atom. The molecule has 0 radical (unpaired) electrons. The van der Waals surface area contributed by atoms with E-state index in [4.69, 9.17) is 9.47 Å². The third-order valence-corrected chi connectivity index (χ3v) is 7.41. The van der Waals surface area contributed by atoms with Crippen LogP contribution in [0.1, 0.15) is 123 Å². The number of hydrogen-bond acceptors (Lipinski definition) is 6. The largest absolute Gasteiger partial charge is 0.466 e. The van der Waals surface area contributed by atoms with Gasteiger partial charge in [0.05, 0.1) is 13.0 Å². The molecular formula is C34H57N3O6. The maximum atomic E-state index is 14.5. The Balaban J connectivity index is 3.53. The van der Waals surface area contributed by atoms with Crippen LogP contribution in [0.4, 0.5) is 4.79 Å². The molecule has 3 unspecified atom stereocenters. The highest BCUT2D eigenvalue weighted by Gasteiger charge is 2.38. The zero-order valence-electron chi connectivity index (χ0n) is 28.1. The topological polar surface area (TPSA) is 114 Å². The summed E-state index contributed by atoms with van der Waals surface area (Å²) in [5, 5.41) is 5.70. The van der Waals surface area contributed by atoms with Gasteiger partial charge in [-0.1, -0.05) is 83.1 Å². The van der Waals surface area contributed by atoms with Gasteiger partial charge in [0.15, 0.2) is 0 Å². The van der Waals surface area contributed by atoms with Crippen molar-refractivity contribution in [3.63, 3.8) is 0 Å². The average Bonchev–Trinajstić information content (AvgIpc) is 2.93. The summed E-state index contributed by atoms with van der Waals surface area (Å²) >= 11 is 0. The van der Waals surface area contributed by atoms with E-state index < -0.39 is 29.7 Å². The predicted octanol–water partition coefficient (Wildman–Crippen LogP) is 6.54. The molecule has 0 fully saturated rings. The number of carbonyl (C=O) groups is 4. The highest BCUT2D eigenvalue weighted by molar-refractivity contribution is 5.92. The van der Waals surface area contributed by atoms with E-state index in [-0.39, 0.29) is 37.3 Å². The highest BCUT2D eigenvalue weighted by atomic mass is 16.6. The number of alkyl carbamates (subject to hydrolysis) is 1. The van der Waals surface area contributed by atoms with Crippen molar-refractivity contribution >= 4 is 23.9 Å². The van der Waals surface area contributed by atoms with Gasteiger partial charge in [0.1, 0.15) is 17.7 Å². The number of nitrogens with zero attached hydrogens (tertiary/aromatic N) is 1. The van der Waals surface area contributed by atoms with Crippen LogP contribution in [0, 0.1) is 19.8 Å². The molecule has 9 nitrogen and oxygen atoms in total. The minimum absolute atomic E-state index is 0.0279. The van der Waals surface area contributed by atoms with Crippen molar-refractivity contribution in [1.29, 1.82) is 0 Å². The molecule has 0 heterocycles. The molecule has 2 N–H and O–H groups in total. The van der Waals surface area contributed by atoms with Gasteiger partial charge in [-0.3, -0.25) is 14.4 Å². The number of carbonyl (C=O) groups excluding carboxylic acids is 4. The second kappa shape index (κ2) is 19.2. The summed E-state index contributed by atoms with van der Waals surface area (Å²) in [7, 11) is 0. The van der Waals surface area contributed by atoms with Gasteiger partial charge in [-0.05, 0) is 65.0 Å². The van der Waals surface area contributed by atoms with Crippen LogP contribution in [-0.2, 0) is 23.9 Å². The van der Waals surface area contributed by atoms with Crippen LogP contribution in [0.3, 0.4) is 0 Å². The lowest BCUT2D eigenvalue weighted by atomic mass is 9.93. The number of esters is 1. The standard InChI is InChI=1S/C34H57N3O6/c1-10-13-14-15-16-17-22-37(32(40)29(25(5)11-2)36-33(41)43-34(7,8)9)30(27-23-24(4)18-19-26(27)6)31(39)35-21-20-28(38)42-12-3/h18-19,23,25,29-30H,10-17,20-22H2,1-9H3,(H,35,39)(H,36,41). The first-order valence-electron chi connectivity index (χ1n) is 16.1. The van der Waals surface area contributed by atoms with Gasteiger partial charge >= 0.3 is 12.1 Å². The van der Waals surface area contributed by atoms with E-state index in [9.17, 15) is 19.2 Å². The van der Waals surface area contributed by atoms with Gasteiger partial charge < -0.3 is 25.0 Å². The van der Waals surface area contributed by atoms with Gasteiger partial charge in [-0.15, -0.1) is 0 Å². The van der Waals surface area contributed by atoms with E-state index in [1.54, 1.807) is 32.6 Å². The lowest BCUT2D eigenvalue weighted by Gasteiger charge is -2.36. The molecule has 0 aliphatic rings. The summed E-state index contributed by atoms with van der Waals surface area (Å²) in [5.74, 6) is -1.32. The maximum Gasteiger partial charge on any atom is 0.408 e. The molecule has 1 aromatic carbocycles. The molecule has 43 heavy (non-hydrogen) atoms. The molecule has 3 amide bonds. The number of hydrogen-bond donors (Lipinski definition) is 2. The van der Waals surface area contributed by atoms with E-state index in [0.29, 0.717) is 24.9 Å². The number of benzene rings is 1. The summed E-state index contributed by atoms with van der Waals surface area (Å²) < 4.78 is 10.5. The van der Waals surface area contributed by atoms with Crippen molar-refractivity contribution in [2.24, 2.45) is 5.92 Å². The molecule has 0 saturated carbocycles. The average molecular weight is 604 g/mol. The summed E-state index contributed by atoms with van der Waals surface area (Å²) in [4.78, 5) is 54.9. The van der Waals surface area contributed by atoms with E-state index in [2.05, 4.69) is 17.6 Å². The minimum atomic E-state index is -0.947. The molecule has 3 atom stereocenters. The highest BCUT2D eigenvalue weighted by Crippen LogP contribution is 2.28. The minimum Gasteiger partial charge on any atom is -0.466 e. The third kappa shape index (κ3) is 13.8. The second-order valence-corrected chi connectivity index (χ2v) is 12.4. The van der Waals surface area contributed by atoms with E-state index in [0.717, 1.165) is 43.2 Å². The quantitative estimate of drug-likeness (QED) is 0.145.